The fourth-order valence-electron chi connectivity index (χ4n) is 3.07. The van der Waals surface area contributed by atoms with Gasteiger partial charge in [0.05, 0.1) is 18.4 Å². The first kappa shape index (κ1) is 13.1. The number of benzene rings is 1. The maximum absolute atomic E-state index is 13.3. The van der Waals surface area contributed by atoms with E-state index in [1.165, 1.54) is 25.7 Å². The minimum absolute atomic E-state index is 0.0208. The average molecular weight is 277 g/mol. The van der Waals surface area contributed by atoms with Gasteiger partial charge in [0.15, 0.2) is 0 Å². The molecule has 3 rings (SSSR count). The summed E-state index contributed by atoms with van der Waals surface area (Å²) < 4.78 is 17.9. The number of hydrogen-bond donors (Lipinski definition) is 1. The van der Waals surface area contributed by atoms with E-state index in [0.29, 0.717) is 11.8 Å². The zero-order valence-corrected chi connectivity index (χ0v) is 11.2. The van der Waals surface area contributed by atoms with Crippen LogP contribution in [0.3, 0.4) is 0 Å². The molecule has 0 heterocycles. The smallest absolute Gasteiger partial charge is 0.339 e. The number of ether oxygens (including phenoxy) is 1. The van der Waals surface area contributed by atoms with E-state index in [1.807, 2.05) is 0 Å². The summed E-state index contributed by atoms with van der Waals surface area (Å²) in [7, 11) is 1.25. The molecule has 0 aliphatic heterocycles. The SMILES string of the molecule is COC(=O)c1ccc(F)cc1NC(=O)C1CC2CC2C1. The summed E-state index contributed by atoms with van der Waals surface area (Å²) in [6.07, 6.45) is 3.04. The number of methoxy groups -OCH3 is 1. The number of halogens is 1. The Morgan fingerprint density at radius 3 is 2.60 bits per heavy atom. The molecule has 2 fully saturated rings. The van der Waals surface area contributed by atoms with Crippen molar-refractivity contribution in [3.63, 3.8) is 0 Å². The third-order valence-electron chi connectivity index (χ3n) is 4.26. The van der Waals surface area contributed by atoms with Gasteiger partial charge in [-0.3, -0.25) is 4.79 Å². The van der Waals surface area contributed by atoms with Gasteiger partial charge in [-0.05, 0) is 49.3 Å². The highest BCUT2D eigenvalue weighted by Crippen LogP contribution is 2.54. The number of rotatable bonds is 3. The molecule has 1 aromatic rings. The van der Waals surface area contributed by atoms with Crippen LogP contribution in [0.15, 0.2) is 18.2 Å². The summed E-state index contributed by atoms with van der Waals surface area (Å²) in [5.74, 6) is 0.147. The summed E-state index contributed by atoms with van der Waals surface area (Å²) >= 11 is 0. The monoisotopic (exact) mass is 277 g/mol. The largest absolute Gasteiger partial charge is 0.465 e. The lowest BCUT2D eigenvalue weighted by atomic mass is 10.0. The highest BCUT2D eigenvalue weighted by Gasteiger charge is 2.48. The van der Waals surface area contributed by atoms with Crippen LogP contribution in [0.4, 0.5) is 10.1 Å². The molecular weight excluding hydrogens is 261 g/mol. The highest BCUT2D eigenvalue weighted by molar-refractivity contribution is 6.01. The molecule has 5 heteroatoms. The predicted molar refractivity (Wildman–Crippen MR) is 70.7 cm³/mol. The van der Waals surface area contributed by atoms with Crippen LogP contribution in [0.25, 0.3) is 0 Å². The number of carbonyl (C=O) groups excluding carboxylic acids is 2. The summed E-state index contributed by atoms with van der Waals surface area (Å²) in [5, 5.41) is 2.67. The Morgan fingerprint density at radius 1 is 1.25 bits per heavy atom. The zero-order chi connectivity index (χ0) is 14.3. The van der Waals surface area contributed by atoms with Crippen molar-refractivity contribution in [2.24, 2.45) is 17.8 Å². The second-order valence-electron chi connectivity index (χ2n) is 5.59. The number of carbonyl (C=O) groups is 2. The Balaban J connectivity index is 1.76. The Labute approximate surface area is 116 Å². The van der Waals surface area contributed by atoms with E-state index in [1.54, 1.807) is 0 Å². The van der Waals surface area contributed by atoms with Crippen molar-refractivity contribution in [3.05, 3.63) is 29.6 Å². The molecule has 1 N–H and O–H groups in total. The topological polar surface area (TPSA) is 55.4 Å². The van der Waals surface area contributed by atoms with Gasteiger partial charge in [0, 0.05) is 5.92 Å². The lowest BCUT2D eigenvalue weighted by Crippen LogP contribution is -2.23. The van der Waals surface area contributed by atoms with Gasteiger partial charge in [0.1, 0.15) is 5.82 Å². The van der Waals surface area contributed by atoms with Gasteiger partial charge in [-0.2, -0.15) is 0 Å². The number of amides is 1. The number of esters is 1. The molecule has 2 unspecified atom stereocenters. The molecule has 20 heavy (non-hydrogen) atoms. The molecular formula is C15H16FNO3. The van der Waals surface area contributed by atoms with Crippen molar-refractivity contribution in [1.29, 1.82) is 0 Å². The molecule has 1 amide bonds. The number of hydrogen-bond acceptors (Lipinski definition) is 3. The maximum Gasteiger partial charge on any atom is 0.339 e. The highest BCUT2D eigenvalue weighted by atomic mass is 19.1. The van der Waals surface area contributed by atoms with Crippen molar-refractivity contribution < 1.29 is 18.7 Å². The first-order chi connectivity index (χ1) is 9.58. The molecule has 2 saturated carbocycles. The average Bonchev–Trinajstić information content (AvgIpc) is 3.04. The van der Waals surface area contributed by atoms with Crippen LogP contribution in [0.2, 0.25) is 0 Å². The molecule has 106 valence electrons. The van der Waals surface area contributed by atoms with Gasteiger partial charge in [-0.1, -0.05) is 0 Å². The van der Waals surface area contributed by atoms with Crippen molar-refractivity contribution in [3.8, 4) is 0 Å². The minimum Gasteiger partial charge on any atom is -0.465 e. The molecule has 0 aromatic heterocycles. The van der Waals surface area contributed by atoms with Crippen LogP contribution in [0.5, 0.6) is 0 Å². The summed E-state index contributed by atoms with van der Waals surface area (Å²) in [6, 6.07) is 3.65. The third kappa shape index (κ3) is 2.40. The predicted octanol–water partition coefficient (Wildman–Crippen LogP) is 2.60. The molecule has 0 spiro atoms. The van der Waals surface area contributed by atoms with Crippen LogP contribution < -0.4 is 5.32 Å². The van der Waals surface area contributed by atoms with Gasteiger partial charge in [0.2, 0.25) is 5.91 Å². The lowest BCUT2D eigenvalue weighted by Gasteiger charge is -2.14. The van der Waals surface area contributed by atoms with E-state index in [0.717, 1.165) is 18.9 Å². The van der Waals surface area contributed by atoms with Crippen molar-refractivity contribution in [2.45, 2.75) is 19.3 Å². The minimum atomic E-state index is -0.588. The Kier molecular flexibility index (Phi) is 3.20. The lowest BCUT2D eigenvalue weighted by molar-refractivity contribution is -0.120. The van der Waals surface area contributed by atoms with E-state index in [-0.39, 0.29) is 23.1 Å². The Bertz CT molecular complexity index is 562. The maximum atomic E-state index is 13.3. The molecule has 0 radical (unpaired) electrons. The van der Waals surface area contributed by atoms with Crippen molar-refractivity contribution in [1.82, 2.24) is 0 Å². The molecule has 2 aliphatic carbocycles. The van der Waals surface area contributed by atoms with Gasteiger partial charge < -0.3 is 10.1 Å². The number of anilines is 1. The fraction of sp³-hybridized carbons (Fsp3) is 0.467. The van der Waals surface area contributed by atoms with E-state index < -0.39 is 11.8 Å². The van der Waals surface area contributed by atoms with Gasteiger partial charge in [-0.15, -0.1) is 0 Å². The number of fused-ring (bicyclic) bond motifs is 1. The number of nitrogens with one attached hydrogen (secondary N) is 1. The normalized spacial score (nSPS) is 26.8. The first-order valence-electron chi connectivity index (χ1n) is 6.77. The standard InChI is InChI=1S/C15H16FNO3/c1-20-15(19)12-3-2-11(16)7-13(12)17-14(18)10-5-8-4-9(8)6-10/h2-3,7-10H,4-6H2,1H3,(H,17,18). The van der Waals surface area contributed by atoms with Crippen molar-refractivity contribution >= 4 is 17.6 Å². The Hall–Kier alpha value is -1.91. The van der Waals surface area contributed by atoms with Gasteiger partial charge in [0.25, 0.3) is 0 Å². The van der Waals surface area contributed by atoms with Crippen LogP contribution >= 0.6 is 0 Å². The van der Waals surface area contributed by atoms with E-state index in [2.05, 4.69) is 10.1 Å². The molecule has 0 saturated heterocycles. The molecule has 2 aliphatic rings. The molecule has 4 nitrogen and oxygen atoms in total. The van der Waals surface area contributed by atoms with E-state index in [9.17, 15) is 14.0 Å². The van der Waals surface area contributed by atoms with Crippen LogP contribution in [0.1, 0.15) is 29.6 Å². The molecule has 0 bridgehead atoms. The zero-order valence-electron chi connectivity index (χ0n) is 11.2. The third-order valence-corrected chi connectivity index (χ3v) is 4.26. The summed E-state index contributed by atoms with van der Waals surface area (Å²) in [4.78, 5) is 23.8. The van der Waals surface area contributed by atoms with E-state index in [4.69, 9.17) is 0 Å². The van der Waals surface area contributed by atoms with Crippen molar-refractivity contribution in [2.75, 3.05) is 12.4 Å². The molecule has 2 atom stereocenters. The second-order valence-corrected chi connectivity index (χ2v) is 5.59. The van der Waals surface area contributed by atoms with Crippen LogP contribution in [-0.4, -0.2) is 19.0 Å². The second kappa shape index (κ2) is 4.89. The van der Waals surface area contributed by atoms with Crippen LogP contribution in [0, 0.1) is 23.6 Å². The van der Waals surface area contributed by atoms with Gasteiger partial charge in [-0.25, -0.2) is 9.18 Å². The first-order valence-corrected chi connectivity index (χ1v) is 6.77. The Morgan fingerprint density at radius 2 is 1.95 bits per heavy atom. The quantitative estimate of drug-likeness (QED) is 0.864. The van der Waals surface area contributed by atoms with Gasteiger partial charge >= 0.3 is 5.97 Å². The van der Waals surface area contributed by atoms with Crippen LogP contribution in [-0.2, 0) is 9.53 Å². The van der Waals surface area contributed by atoms with E-state index >= 15 is 0 Å². The molecule has 1 aromatic carbocycles. The summed E-state index contributed by atoms with van der Waals surface area (Å²) in [5.41, 5.74) is 0.354. The fourth-order valence-corrected chi connectivity index (χ4v) is 3.07. The summed E-state index contributed by atoms with van der Waals surface area (Å²) in [6.45, 7) is 0.